The summed E-state index contributed by atoms with van der Waals surface area (Å²) >= 11 is 0. The van der Waals surface area contributed by atoms with Gasteiger partial charge in [0.2, 0.25) is 0 Å². The van der Waals surface area contributed by atoms with E-state index >= 15 is 0 Å². The number of carbonyl (C=O) groups excluding carboxylic acids is 2. The molecular weight excluding hydrogens is 314 g/mol. The number of benzene rings is 2. The molecule has 0 aliphatic carbocycles. The standard InChI is InChI=1S/C21H25NO3/c1-21(2,3)19(23)18(14-9-7-6-8-10-14)17-13-15(25-5)11-12-16(17)20(24)22-4/h6-13,18H,1-5H3,(H,22,24). The molecule has 2 aromatic carbocycles. The van der Waals surface area contributed by atoms with Gasteiger partial charge in [-0.05, 0) is 29.3 Å². The third kappa shape index (κ3) is 4.08. The number of carbonyl (C=O) groups is 2. The number of methoxy groups -OCH3 is 1. The first-order valence-electron chi connectivity index (χ1n) is 8.29. The quantitative estimate of drug-likeness (QED) is 0.901. The van der Waals surface area contributed by atoms with Gasteiger partial charge in [-0.2, -0.15) is 0 Å². The van der Waals surface area contributed by atoms with Gasteiger partial charge in [0, 0.05) is 18.0 Å². The molecule has 1 unspecified atom stereocenters. The smallest absolute Gasteiger partial charge is 0.251 e. The lowest BCUT2D eigenvalue weighted by atomic mass is 9.75. The summed E-state index contributed by atoms with van der Waals surface area (Å²) in [6, 6.07) is 14.8. The minimum absolute atomic E-state index is 0.0529. The van der Waals surface area contributed by atoms with E-state index in [2.05, 4.69) is 5.32 Å². The lowest BCUT2D eigenvalue weighted by molar-refractivity contribution is -0.126. The summed E-state index contributed by atoms with van der Waals surface area (Å²) < 4.78 is 5.33. The molecule has 0 radical (unpaired) electrons. The minimum atomic E-state index is -0.552. The van der Waals surface area contributed by atoms with E-state index in [1.807, 2.05) is 51.1 Å². The predicted molar refractivity (Wildman–Crippen MR) is 99.1 cm³/mol. The molecule has 4 heteroatoms. The van der Waals surface area contributed by atoms with Gasteiger partial charge in [-0.3, -0.25) is 9.59 Å². The second kappa shape index (κ2) is 7.51. The summed E-state index contributed by atoms with van der Waals surface area (Å²) in [4.78, 5) is 25.6. The van der Waals surface area contributed by atoms with E-state index in [-0.39, 0.29) is 11.7 Å². The summed E-state index contributed by atoms with van der Waals surface area (Å²) in [6.45, 7) is 5.68. The molecule has 2 aromatic rings. The highest BCUT2D eigenvalue weighted by Gasteiger charge is 2.34. The number of nitrogens with one attached hydrogen (secondary N) is 1. The fourth-order valence-electron chi connectivity index (χ4n) is 2.80. The number of amides is 1. The molecule has 0 aromatic heterocycles. The van der Waals surface area contributed by atoms with E-state index in [0.29, 0.717) is 16.9 Å². The predicted octanol–water partition coefficient (Wildman–Crippen LogP) is 3.80. The van der Waals surface area contributed by atoms with Crippen molar-refractivity contribution < 1.29 is 14.3 Å². The Hall–Kier alpha value is -2.62. The maximum absolute atomic E-state index is 13.3. The summed E-state index contributed by atoms with van der Waals surface area (Å²) in [6.07, 6.45) is 0. The van der Waals surface area contributed by atoms with Gasteiger partial charge in [0.1, 0.15) is 11.5 Å². The van der Waals surface area contributed by atoms with Crippen LogP contribution in [0.4, 0.5) is 0 Å². The number of Topliss-reactive ketones (excluding diaryl/α,β-unsaturated/α-hetero) is 1. The average Bonchev–Trinajstić information content (AvgIpc) is 2.61. The molecule has 0 aliphatic rings. The second-order valence-electron chi connectivity index (χ2n) is 6.99. The monoisotopic (exact) mass is 339 g/mol. The summed E-state index contributed by atoms with van der Waals surface area (Å²) in [5.74, 6) is -0.0914. The molecule has 0 spiro atoms. The maximum Gasteiger partial charge on any atom is 0.251 e. The third-order valence-electron chi connectivity index (χ3n) is 4.18. The Morgan fingerprint density at radius 3 is 2.20 bits per heavy atom. The van der Waals surface area contributed by atoms with Crippen molar-refractivity contribution in [1.29, 1.82) is 0 Å². The molecular formula is C21H25NO3. The number of hydrogen-bond acceptors (Lipinski definition) is 3. The molecule has 4 nitrogen and oxygen atoms in total. The van der Waals surface area contributed by atoms with Crippen LogP contribution < -0.4 is 10.1 Å². The Balaban J connectivity index is 2.73. The van der Waals surface area contributed by atoms with Gasteiger partial charge in [-0.25, -0.2) is 0 Å². The van der Waals surface area contributed by atoms with E-state index in [1.54, 1.807) is 32.4 Å². The molecule has 0 heterocycles. The van der Waals surface area contributed by atoms with Crippen LogP contribution in [0.25, 0.3) is 0 Å². The molecule has 0 saturated heterocycles. The maximum atomic E-state index is 13.3. The van der Waals surface area contributed by atoms with Crippen LogP contribution in [-0.4, -0.2) is 25.8 Å². The van der Waals surface area contributed by atoms with Gasteiger partial charge in [0.25, 0.3) is 5.91 Å². The van der Waals surface area contributed by atoms with Crippen LogP contribution in [0.5, 0.6) is 5.75 Å². The molecule has 0 bridgehead atoms. The summed E-state index contributed by atoms with van der Waals surface area (Å²) in [5.41, 5.74) is 1.45. The van der Waals surface area contributed by atoms with Gasteiger partial charge < -0.3 is 10.1 Å². The number of ketones is 1. The molecule has 0 saturated carbocycles. The van der Waals surface area contributed by atoms with Crippen molar-refractivity contribution in [1.82, 2.24) is 5.32 Å². The van der Waals surface area contributed by atoms with Gasteiger partial charge in [0.05, 0.1) is 13.0 Å². The van der Waals surface area contributed by atoms with E-state index in [1.165, 1.54) is 0 Å². The first-order chi connectivity index (χ1) is 11.8. The fraction of sp³-hybridized carbons (Fsp3) is 0.333. The zero-order chi connectivity index (χ0) is 18.6. The highest BCUT2D eigenvalue weighted by atomic mass is 16.5. The normalized spacial score (nSPS) is 12.4. The highest BCUT2D eigenvalue weighted by Crippen LogP contribution is 2.36. The zero-order valence-electron chi connectivity index (χ0n) is 15.4. The average molecular weight is 339 g/mol. The van der Waals surface area contributed by atoms with Crippen LogP contribution in [0, 0.1) is 5.41 Å². The Morgan fingerprint density at radius 2 is 1.68 bits per heavy atom. The van der Waals surface area contributed by atoms with E-state index in [0.717, 1.165) is 5.56 Å². The minimum Gasteiger partial charge on any atom is -0.497 e. The Kier molecular flexibility index (Phi) is 5.62. The van der Waals surface area contributed by atoms with Gasteiger partial charge >= 0.3 is 0 Å². The fourth-order valence-corrected chi connectivity index (χ4v) is 2.80. The number of rotatable bonds is 5. The van der Waals surface area contributed by atoms with E-state index < -0.39 is 11.3 Å². The molecule has 25 heavy (non-hydrogen) atoms. The summed E-state index contributed by atoms with van der Waals surface area (Å²) in [7, 11) is 3.15. The Morgan fingerprint density at radius 1 is 1.04 bits per heavy atom. The van der Waals surface area contributed by atoms with Gasteiger partial charge in [-0.15, -0.1) is 0 Å². The second-order valence-corrected chi connectivity index (χ2v) is 6.99. The lowest BCUT2D eigenvalue weighted by Crippen LogP contribution is -2.30. The van der Waals surface area contributed by atoms with Crippen molar-refractivity contribution in [2.75, 3.05) is 14.2 Å². The molecule has 132 valence electrons. The topological polar surface area (TPSA) is 55.4 Å². The van der Waals surface area contributed by atoms with E-state index in [4.69, 9.17) is 4.74 Å². The number of ether oxygens (including phenoxy) is 1. The molecule has 0 aliphatic heterocycles. The molecule has 1 atom stereocenters. The van der Waals surface area contributed by atoms with Crippen molar-refractivity contribution in [2.45, 2.75) is 26.7 Å². The molecule has 1 N–H and O–H groups in total. The third-order valence-corrected chi connectivity index (χ3v) is 4.18. The van der Waals surface area contributed by atoms with Crippen LogP contribution in [0.3, 0.4) is 0 Å². The van der Waals surface area contributed by atoms with Crippen LogP contribution >= 0.6 is 0 Å². The van der Waals surface area contributed by atoms with Crippen molar-refractivity contribution >= 4 is 11.7 Å². The summed E-state index contributed by atoms with van der Waals surface area (Å²) in [5, 5.41) is 2.65. The first-order valence-corrected chi connectivity index (χ1v) is 8.29. The lowest BCUT2D eigenvalue weighted by Gasteiger charge is -2.27. The van der Waals surface area contributed by atoms with E-state index in [9.17, 15) is 9.59 Å². The van der Waals surface area contributed by atoms with Crippen molar-refractivity contribution in [2.24, 2.45) is 5.41 Å². The van der Waals surface area contributed by atoms with Gasteiger partial charge in [0.15, 0.2) is 0 Å². The van der Waals surface area contributed by atoms with Crippen LogP contribution in [0.1, 0.15) is 48.2 Å². The number of hydrogen-bond donors (Lipinski definition) is 1. The Labute approximate surface area is 149 Å². The molecule has 0 fully saturated rings. The van der Waals surface area contributed by atoms with Crippen LogP contribution in [-0.2, 0) is 4.79 Å². The highest BCUT2D eigenvalue weighted by molar-refractivity contribution is 6.00. The molecule has 2 rings (SSSR count). The SMILES string of the molecule is CNC(=O)c1ccc(OC)cc1C(C(=O)C(C)(C)C)c1ccccc1. The largest absolute Gasteiger partial charge is 0.497 e. The van der Waals surface area contributed by atoms with Crippen molar-refractivity contribution in [3.8, 4) is 5.75 Å². The van der Waals surface area contributed by atoms with Crippen molar-refractivity contribution in [3.05, 3.63) is 65.2 Å². The van der Waals surface area contributed by atoms with Gasteiger partial charge in [-0.1, -0.05) is 51.1 Å². The van der Waals surface area contributed by atoms with Crippen LogP contribution in [0.2, 0.25) is 0 Å². The first kappa shape index (κ1) is 18.7. The zero-order valence-corrected chi connectivity index (χ0v) is 15.4. The van der Waals surface area contributed by atoms with Crippen LogP contribution in [0.15, 0.2) is 48.5 Å². The van der Waals surface area contributed by atoms with Crippen molar-refractivity contribution in [3.63, 3.8) is 0 Å². The Bertz CT molecular complexity index is 760. The molecule has 1 amide bonds.